The maximum absolute atomic E-state index is 12.3. The number of carbonyl (C=O) groups is 1. The van der Waals surface area contributed by atoms with Crippen LogP contribution in [0, 0.1) is 11.8 Å². The van der Waals surface area contributed by atoms with E-state index in [1.165, 1.54) is 22.3 Å². The van der Waals surface area contributed by atoms with Crippen LogP contribution in [-0.2, 0) is 4.74 Å². The number of nitrogens with one attached hydrogen (secondary N) is 1. The predicted molar refractivity (Wildman–Crippen MR) is 98.8 cm³/mol. The van der Waals surface area contributed by atoms with Gasteiger partial charge in [-0.3, -0.25) is 0 Å². The number of fused-ring (bicyclic) bond motifs is 4. The second-order valence-corrected chi connectivity index (χ2v) is 7.74. The average Bonchev–Trinajstić information content (AvgIpc) is 3.25. The molecule has 2 fully saturated rings. The van der Waals surface area contributed by atoms with Crippen molar-refractivity contribution in [2.75, 3.05) is 6.61 Å². The number of aliphatic hydroxyl groups is 1. The summed E-state index contributed by atoms with van der Waals surface area (Å²) in [5, 5.41) is 13.1. The van der Waals surface area contributed by atoms with Gasteiger partial charge in [0, 0.05) is 5.92 Å². The molecule has 0 heterocycles. The van der Waals surface area contributed by atoms with Crippen LogP contribution in [0.4, 0.5) is 4.79 Å². The smallest absolute Gasteiger partial charge is 0.407 e. The van der Waals surface area contributed by atoms with Gasteiger partial charge in [0.25, 0.3) is 0 Å². The Hall–Kier alpha value is -2.33. The van der Waals surface area contributed by atoms with Crippen molar-refractivity contribution in [3.05, 3.63) is 59.7 Å². The van der Waals surface area contributed by atoms with E-state index in [-0.39, 0.29) is 12.0 Å². The van der Waals surface area contributed by atoms with Crippen molar-refractivity contribution in [1.82, 2.24) is 5.32 Å². The highest BCUT2D eigenvalue weighted by Crippen LogP contribution is 2.47. The third kappa shape index (κ3) is 2.36. The molecule has 3 aliphatic rings. The highest BCUT2D eigenvalue weighted by molar-refractivity contribution is 5.79. The van der Waals surface area contributed by atoms with Crippen LogP contribution < -0.4 is 5.32 Å². The van der Waals surface area contributed by atoms with Gasteiger partial charge in [-0.15, -0.1) is 0 Å². The quantitative estimate of drug-likeness (QED) is 0.889. The lowest BCUT2D eigenvalue weighted by atomic mass is 9.69. The highest BCUT2D eigenvalue weighted by atomic mass is 16.5. The molecule has 0 spiro atoms. The number of rotatable bonds is 3. The first kappa shape index (κ1) is 15.9. The van der Waals surface area contributed by atoms with Gasteiger partial charge < -0.3 is 15.2 Å². The molecule has 0 aromatic heterocycles. The van der Waals surface area contributed by atoms with Gasteiger partial charge in [0.15, 0.2) is 0 Å². The summed E-state index contributed by atoms with van der Waals surface area (Å²) in [4.78, 5) is 12.3. The molecule has 0 saturated heterocycles. The molecule has 134 valence electrons. The van der Waals surface area contributed by atoms with Crippen LogP contribution in [0.3, 0.4) is 0 Å². The van der Waals surface area contributed by atoms with Crippen molar-refractivity contribution in [1.29, 1.82) is 0 Å². The molecule has 26 heavy (non-hydrogen) atoms. The molecule has 4 heteroatoms. The fourth-order valence-electron chi connectivity index (χ4n) is 5.23. The Morgan fingerprint density at radius 2 is 1.62 bits per heavy atom. The van der Waals surface area contributed by atoms with E-state index in [1.54, 1.807) is 0 Å². The van der Waals surface area contributed by atoms with Gasteiger partial charge in [0.1, 0.15) is 6.61 Å². The number of aliphatic hydroxyl groups excluding tert-OH is 1. The molecule has 2 saturated carbocycles. The number of benzene rings is 2. The summed E-state index contributed by atoms with van der Waals surface area (Å²) >= 11 is 0. The number of hydrogen-bond donors (Lipinski definition) is 2. The second-order valence-electron chi connectivity index (χ2n) is 7.74. The molecule has 4 atom stereocenters. The Morgan fingerprint density at radius 3 is 2.31 bits per heavy atom. The lowest BCUT2D eigenvalue weighted by Gasteiger charge is -2.45. The van der Waals surface area contributed by atoms with Gasteiger partial charge >= 0.3 is 6.09 Å². The number of ether oxygens (including phenoxy) is 1. The van der Waals surface area contributed by atoms with Crippen molar-refractivity contribution in [2.24, 2.45) is 11.8 Å². The van der Waals surface area contributed by atoms with Crippen LogP contribution in [0.15, 0.2) is 48.5 Å². The van der Waals surface area contributed by atoms with Crippen LogP contribution in [0.2, 0.25) is 0 Å². The number of alkyl carbamates (subject to hydrolysis) is 1. The summed E-state index contributed by atoms with van der Waals surface area (Å²) in [5.41, 5.74) is 4.86. The SMILES string of the molecule is O=C(N[C@H]1[C@@H](O)[C@H]2CCC[C@H]21)OCC1c2ccccc2-c2ccccc21. The number of hydrogen-bond acceptors (Lipinski definition) is 3. The van der Waals surface area contributed by atoms with E-state index >= 15 is 0 Å². The third-order valence-corrected chi connectivity index (χ3v) is 6.52. The summed E-state index contributed by atoms with van der Waals surface area (Å²) in [6.07, 6.45) is 2.49. The minimum atomic E-state index is -0.415. The largest absolute Gasteiger partial charge is 0.449 e. The van der Waals surface area contributed by atoms with Crippen molar-refractivity contribution in [2.45, 2.75) is 37.3 Å². The summed E-state index contributed by atoms with van der Waals surface area (Å²) in [6.45, 7) is 0.316. The Bertz CT molecular complexity index is 803. The van der Waals surface area contributed by atoms with Gasteiger partial charge in [-0.1, -0.05) is 55.0 Å². The maximum atomic E-state index is 12.3. The Morgan fingerprint density at radius 1 is 1.00 bits per heavy atom. The molecule has 5 rings (SSSR count). The fraction of sp³-hybridized carbons (Fsp3) is 0.409. The topological polar surface area (TPSA) is 58.6 Å². The van der Waals surface area contributed by atoms with E-state index in [0.29, 0.717) is 18.4 Å². The summed E-state index contributed by atoms with van der Waals surface area (Å²) in [6, 6.07) is 16.5. The zero-order valence-electron chi connectivity index (χ0n) is 14.6. The lowest BCUT2D eigenvalue weighted by Crippen LogP contribution is -2.61. The first-order valence-corrected chi connectivity index (χ1v) is 9.53. The highest BCUT2D eigenvalue weighted by Gasteiger charge is 2.52. The van der Waals surface area contributed by atoms with Crippen LogP contribution in [0.1, 0.15) is 36.3 Å². The molecule has 2 aromatic carbocycles. The molecule has 2 N–H and O–H groups in total. The van der Waals surface area contributed by atoms with Gasteiger partial charge in [0.05, 0.1) is 12.1 Å². The van der Waals surface area contributed by atoms with Crippen molar-refractivity contribution in [3.63, 3.8) is 0 Å². The maximum Gasteiger partial charge on any atom is 0.407 e. The van der Waals surface area contributed by atoms with Crippen molar-refractivity contribution < 1.29 is 14.6 Å². The summed E-state index contributed by atoms with van der Waals surface area (Å²) in [7, 11) is 0. The first-order valence-electron chi connectivity index (χ1n) is 9.53. The number of amides is 1. The standard InChI is InChI=1S/C22H23NO3/c24-21-18-11-5-10-17(18)20(21)23-22(25)26-12-19-15-8-3-1-6-13(15)14-7-2-4-9-16(14)19/h1-4,6-9,17-21,24H,5,10-12H2,(H,23,25)/t17-,18+,20-,21+/m1/s1. The normalized spacial score (nSPS) is 28.7. The van der Waals surface area contributed by atoms with Gasteiger partial charge in [0.2, 0.25) is 0 Å². The third-order valence-electron chi connectivity index (χ3n) is 6.52. The average molecular weight is 349 g/mol. The van der Waals surface area contributed by atoms with E-state index in [1.807, 2.05) is 24.3 Å². The predicted octanol–water partition coefficient (Wildman–Crippen LogP) is 3.68. The second kappa shape index (κ2) is 6.13. The molecular weight excluding hydrogens is 326 g/mol. The molecule has 0 radical (unpaired) electrons. The molecule has 2 aromatic rings. The minimum absolute atomic E-state index is 0.0682. The molecule has 4 nitrogen and oxygen atoms in total. The van der Waals surface area contributed by atoms with E-state index in [0.717, 1.165) is 19.3 Å². The molecule has 3 aliphatic carbocycles. The molecule has 1 amide bonds. The van der Waals surface area contributed by atoms with Gasteiger partial charge in [-0.2, -0.15) is 0 Å². The molecule has 0 unspecified atom stereocenters. The molecule has 0 bridgehead atoms. The fourth-order valence-corrected chi connectivity index (χ4v) is 5.23. The monoisotopic (exact) mass is 349 g/mol. The summed E-state index contributed by atoms with van der Waals surface area (Å²) in [5.74, 6) is 0.859. The molecule has 0 aliphatic heterocycles. The van der Waals surface area contributed by atoms with Crippen LogP contribution in [0.25, 0.3) is 11.1 Å². The van der Waals surface area contributed by atoms with Crippen LogP contribution in [-0.4, -0.2) is 30.0 Å². The van der Waals surface area contributed by atoms with Crippen LogP contribution >= 0.6 is 0 Å². The molecular formula is C22H23NO3. The van der Waals surface area contributed by atoms with E-state index < -0.39 is 12.2 Å². The first-order chi connectivity index (χ1) is 12.7. The minimum Gasteiger partial charge on any atom is -0.449 e. The zero-order chi connectivity index (χ0) is 17.7. The zero-order valence-corrected chi connectivity index (χ0v) is 14.6. The van der Waals surface area contributed by atoms with Crippen molar-refractivity contribution >= 4 is 6.09 Å². The van der Waals surface area contributed by atoms with Gasteiger partial charge in [-0.25, -0.2) is 4.79 Å². The Balaban J connectivity index is 1.28. The van der Waals surface area contributed by atoms with E-state index in [2.05, 4.69) is 29.6 Å². The van der Waals surface area contributed by atoms with E-state index in [4.69, 9.17) is 4.74 Å². The summed E-state index contributed by atoms with van der Waals surface area (Å²) < 4.78 is 5.58. The Labute approximate surface area is 153 Å². The van der Waals surface area contributed by atoms with Crippen molar-refractivity contribution in [3.8, 4) is 11.1 Å². The van der Waals surface area contributed by atoms with Crippen LogP contribution in [0.5, 0.6) is 0 Å². The van der Waals surface area contributed by atoms with E-state index in [9.17, 15) is 9.90 Å². The number of carbonyl (C=O) groups excluding carboxylic acids is 1. The van der Waals surface area contributed by atoms with Gasteiger partial charge in [-0.05, 0) is 46.9 Å². The lowest BCUT2D eigenvalue weighted by molar-refractivity contribution is -0.0542. The Kier molecular flexibility index (Phi) is 3.75.